The van der Waals surface area contributed by atoms with Crippen molar-refractivity contribution in [2.75, 3.05) is 36.0 Å². The van der Waals surface area contributed by atoms with Gasteiger partial charge in [-0.05, 0) is 38.0 Å². The Balaban J connectivity index is 1.91. The first-order chi connectivity index (χ1) is 12.8. The van der Waals surface area contributed by atoms with E-state index in [2.05, 4.69) is 6.92 Å². The summed E-state index contributed by atoms with van der Waals surface area (Å²) in [4.78, 5) is 30.3. The monoisotopic (exact) mass is 393 g/mol. The van der Waals surface area contributed by atoms with E-state index in [1.54, 1.807) is 9.80 Å². The van der Waals surface area contributed by atoms with Gasteiger partial charge in [-0.15, -0.1) is 0 Å². The smallest absolute Gasteiger partial charge is 0.325 e. The Kier molecular flexibility index (Phi) is 5.46. The van der Waals surface area contributed by atoms with E-state index in [9.17, 15) is 18.0 Å². The molecule has 0 aromatic heterocycles. The predicted octanol–water partition coefficient (Wildman–Crippen LogP) is 1.53. The topological polar surface area (TPSA) is 78.0 Å². The molecule has 2 aliphatic heterocycles. The lowest BCUT2D eigenvalue weighted by Crippen LogP contribution is -2.45. The second-order valence-corrected chi connectivity index (χ2v) is 9.23. The van der Waals surface area contributed by atoms with E-state index >= 15 is 0 Å². The first-order valence-corrected chi connectivity index (χ1v) is 11.3. The molecule has 0 unspecified atom stereocenters. The van der Waals surface area contributed by atoms with Crippen LogP contribution in [0.2, 0.25) is 0 Å². The highest BCUT2D eigenvalue weighted by Gasteiger charge is 2.54. The number of anilines is 1. The van der Waals surface area contributed by atoms with Crippen molar-refractivity contribution in [1.29, 1.82) is 0 Å². The number of fused-ring (bicyclic) bond motifs is 1. The van der Waals surface area contributed by atoms with E-state index < -0.39 is 21.9 Å². The molecule has 2 saturated heterocycles. The Bertz CT molecular complexity index is 818. The van der Waals surface area contributed by atoms with Crippen molar-refractivity contribution in [1.82, 2.24) is 9.80 Å². The van der Waals surface area contributed by atoms with Crippen LogP contribution in [0.5, 0.6) is 0 Å². The van der Waals surface area contributed by atoms with Crippen LogP contribution in [0.15, 0.2) is 24.3 Å². The molecule has 8 heteroatoms. The molecule has 3 rings (SSSR count). The number of likely N-dealkylation sites (N-methyl/N-ethyl adjacent to an activating group) is 1. The zero-order valence-electron chi connectivity index (χ0n) is 16.1. The third kappa shape index (κ3) is 3.67. The van der Waals surface area contributed by atoms with Crippen LogP contribution in [0.1, 0.15) is 26.3 Å². The summed E-state index contributed by atoms with van der Waals surface area (Å²) >= 11 is 0. The molecule has 0 saturated carbocycles. The van der Waals surface area contributed by atoms with E-state index in [1.807, 2.05) is 38.1 Å². The van der Waals surface area contributed by atoms with Crippen LogP contribution in [0, 0.1) is 0 Å². The van der Waals surface area contributed by atoms with E-state index in [0.29, 0.717) is 18.8 Å². The van der Waals surface area contributed by atoms with Crippen LogP contribution in [0.3, 0.4) is 0 Å². The fraction of sp³-hybridized carbons (Fsp3) is 0.579. The number of benzene rings is 1. The fourth-order valence-electron chi connectivity index (χ4n) is 3.98. The molecule has 7 nitrogen and oxygen atoms in total. The molecule has 3 amide bonds. The number of amides is 3. The second-order valence-electron chi connectivity index (χ2n) is 7.08. The molecule has 0 radical (unpaired) electrons. The van der Waals surface area contributed by atoms with E-state index in [4.69, 9.17) is 0 Å². The molecule has 2 aliphatic rings. The van der Waals surface area contributed by atoms with Gasteiger partial charge in [0.25, 0.3) is 0 Å². The molecular weight excluding hydrogens is 366 g/mol. The zero-order chi connectivity index (χ0) is 19.8. The molecule has 1 aromatic rings. The summed E-state index contributed by atoms with van der Waals surface area (Å²) in [6.07, 6.45) is 0.888. The first kappa shape index (κ1) is 19.7. The van der Waals surface area contributed by atoms with Gasteiger partial charge in [0.2, 0.25) is 5.91 Å². The van der Waals surface area contributed by atoms with Gasteiger partial charge in [-0.3, -0.25) is 9.69 Å². The van der Waals surface area contributed by atoms with Crippen molar-refractivity contribution >= 4 is 27.5 Å². The van der Waals surface area contributed by atoms with Crippen LogP contribution in [-0.4, -0.2) is 73.4 Å². The number of carbonyl (C=O) groups is 2. The summed E-state index contributed by atoms with van der Waals surface area (Å²) in [5.74, 6) is -0.299. The molecule has 0 bridgehead atoms. The standard InChI is InChI=1S/C19H27N3O4S/c1-4-14-7-9-15(10-8-14)22-17-13-27(25,26)12-16(17)21(19(22)24)11-18(23)20(5-2)6-3/h7-10,16-17H,4-6,11-13H2,1-3H3/t16-,17+/m1/s1. The highest BCUT2D eigenvalue weighted by Crippen LogP contribution is 2.35. The second kappa shape index (κ2) is 7.50. The van der Waals surface area contributed by atoms with Gasteiger partial charge >= 0.3 is 6.03 Å². The summed E-state index contributed by atoms with van der Waals surface area (Å²) in [5, 5.41) is 0. The Morgan fingerprint density at radius 1 is 1.07 bits per heavy atom. The summed E-state index contributed by atoms with van der Waals surface area (Å²) in [7, 11) is -3.24. The molecule has 2 fully saturated rings. The van der Waals surface area contributed by atoms with Crippen molar-refractivity contribution in [2.24, 2.45) is 0 Å². The van der Waals surface area contributed by atoms with Gasteiger partial charge in [0, 0.05) is 18.8 Å². The van der Waals surface area contributed by atoms with E-state index in [0.717, 1.165) is 12.0 Å². The summed E-state index contributed by atoms with van der Waals surface area (Å²) in [6, 6.07) is 6.40. The largest absolute Gasteiger partial charge is 0.342 e. The maximum Gasteiger partial charge on any atom is 0.325 e. The van der Waals surface area contributed by atoms with Gasteiger partial charge in [0.1, 0.15) is 6.54 Å². The number of nitrogens with zero attached hydrogens (tertiary/aromatic N) is 3. The summed E-state index contributed by atoms with van der Waals surface area (Å²) in [6.45, 7) is 6.87. The molecule has 0 aliphatic carbocycles. The van der Waals surface area contributed by atoms with Gasteiger partial charge in [0.15, 0.2) is 9.84 Å². The number of urea groups is 1. The molecule has 0 N–H and O–H groups in total. The van der Waals surface area contributed by atoms with Crippen molar-refractivity contribution in [2.45, 2.75) is 39.3 Å². The van der Waals surface area contributed by atoms with Crippen LogP contribution >= 0.6 is 0 Å². The Labute approximate surface area is 160 Å². The third-order valence-electron chi connectivity index (χ3n) is 5.52. The number of aryl methyl sites for hydroxylation is 1. The number of sulfone groups is 1. The van der Waals surface area contributed by atoms with Crippen molar-refractivity contribution in [3.63, 3.8) is 0 Å². The number of carbonyl (C=O) groups excluding carboxylic acids is 2. The Hall–Kier alpha value is -2.09. The average molecular weight is 394 g/mol. The predicted molar refractivity (Wildman–Crippen MR) is 105 cm³/mol. The minimum Gasteiger partial charge on any atom is -0.342 e. The zero-order valence-corrected chi connectivity index (χ0v) is 16.9. The lowest BCUT2D eigenvalue weighted by Gasteiger charge is -2.25. The Morgan fingerprint density at radius 2 is 1.67 bits per heavy atom. The molecule has 2 heterocycles. The van der Waals surface area contributed by atoms with Crippen molar-refractivity contribution in [3.05, 3.63) is 29.8 Å². The normalized spacial score (nSPS) is 23.6. The molecule has 0 spiro atoms. The molecule has 27 heavy (non-hydrogen) atoms. The van der Waals surface area contributed by atoms with Gasteiger partial charge in [-0.2, -0.15) is 0 Å². The molecule has 1 aromatic carbocycles. The summed E-state index contributed by atoms with van der Waals surface area (Å²) in [5.41, 5.74) is 1.83. The van der Waals surface area contributed by atoms with Gasteiger partial charge in [0.05, 0.1) is 23.6 Å². The first-order valence-electron chi connectivity index (χ1n) is 9.48. The maximum atomic E-state index is 13.1. The lowest BCUT2D eigenvalue weighted by atomic mass is 10.1. The summed E-state index contributed by atoms with van der Waals surface area (Å²) < 4.78 is 24.5. The average Bonchev–Trinajstić information content (AvgIpc) is 3.07. The number of hydrogen-bond donors (Lipinski definition) is 0. The van der Waals surface area contributed by atoms with Crippen LogP contribution in [-0.2, 0) is 21.1 Å². The lowest BCUT2D eigenvalue weighted by molar-refractivity contribution is -0.131. The maximum absolute atomic E-state index is 13.1. The van der Waals surface area contributed by atoms with Crippen molar-refractivity contribution in [3.8, 4) is 0 Å². The number of rotatable bonds is 6. The highest BCUT2D eigenvalue weighted by molar-refractivity contribution is 7.91. The van der Waals surface area contributed by atoms with Crippen LogP contribution in [0.4, 0.5) is 10.5 Å². The van der Waals surface area contributed by atoms with E-state index in [-0.39, 0.29) is 30.0 Å². The minimum absolute atomic E-state index is 0.0606. The van der Waals surface area contributed by atoms with Gasteiger partial charge < -0.3 is 9.80 Å². The SMILES string of the molecule is CCc1ccc(N2C(=O)N(CC(=O)N(CC)CC)[C@@H]3CS(=O)(=O)C[C@@H]32)cc1. The fourth-order valence-corrected chi connectivity index (χ4v) is 5.93. The van der Waals surface area contributed by atoms with Crippen molar-refractivity contribution < 1.29 is 18.0 Å². The van der Waals surface area contributed by atoms with Crippen LogP contribution < -0.4 is 4.90 Å². The quantitative estimate of drug-likeness (QED) is 0.687. The molecular formula is C19H27N3O4S. The van der Waals surface area contributed by atoms with Gasteiger partial charge in [-0.25, -0.2) is 13.2 Å². The van der Waals surface area contributed by atoms with E-state index in [1.165, 1.54) is 4.90 Å². The highest BCUT2D eigenvalue weighted by atomic mass is 32.2. The molecule has 148 valence electrons. The Morgan fingerprint density at radius 3 is 2.22 bits per heavy atom. The van der Waals surface area contributed by atoms with Crippen LogP contribution in [0.25, 0.3) is 0 Å². The molecule has 2 atom stereocenters. The third-order valence-corrected chi connectivity index (χ3v) is 7.22. The minimum atomic E-state index is -3.24. The van der Waals surface area contributed by atoms with Gasteiger partial charge in [-0.1, -0.05) is 19.1 Å². The number of hydrogen-bond acceptors (Lipinski definition) is 4.